The molecule has 0 aromatic heterocycles. The summed E-state index contributed by atoms with van der Waals surface area (Å²) < 4.78 is 39.9. The van der Waals surface area contributed by atoms with E-state index in [0.29, 0.717) is 0 Å². The van der Waals surface area contributed by atoms with Crippen LogP contribution in [0.25, 0.3) is 0 Å². The van der Waals surface area contributed by atoms with Crippen LogP contribution in [-0.4, -0.2) is 32.5 Å². The molecule has 0 saturated carbocycles. The molecule has 0 fully saturated rings. The summed E-state index contributed by atoms with van der Waals surface area (Å²) in [5.41, 5.74) is 0. The van der Waals surface area contributed by atoms with Crippen molar-refractivity contribution >= 4 is 0 Å². The van der Waals surface area contributed by atoms with E-state index in [1.165, 1.54) is 0 Å². The molecule has 5 heteroatoms. The molecule has 0 spiro atoms. The molecule has 0 aliphatic carbocycles. The highest BCUT2D eigenvalue weighted by molar-refractivity contribution is 4.63. The second-order valence-corrected chi connectivity index (χ2v) is 3.61. The Balaban J connectivity index is 3.52. The molecular formula is C10H20F3NO. The average Bonchev–Trinajstić information content (AvgIpc) is 2.14. The van der Waals surface area contributed by atoms with Crippen LogP contribution in [-0.2, 0) is 4.74 Å². The first-order valence-electron chi connectivity index (χ1n) is 5.31. The lowest BCUT2D eigenvalue weighted by molar-refractivity contribution is -0.175. The number of hydrogen-bond donors (Lipinski definition) is 1. The molecule has 0 rings (SSSR count). The molecule has 0 bridgehead atoms. The smallest absolute Gasteiger partial charge is 0.370 e. The Morgan fingerprint density at radius 3 is 2.40 bits per heavy atom. The minimum absolute atomic E-state index is 0.0268. The number of hydrogen-bond acceptors (Lipinski definition) is 2. The van der Waals surface area contributed by atoms with E-state index in [0.717, 1.165) is 25.7 Å². The third kappa shape index (κ3) is 10.0. The predicted molar refractivity (Wildman–Crippen MR) is 53.9 cm³/mol. The maximum absolute atomic E-state index is 11.8. The number of rotatable bonds is 8. The van der Waals surface area contributed by atoms with Gasteiger partial charge in [-0.1, -0.05) is 26.2 Å². The lowest BCUT2D eigenvalue weighted by Crippen LogP contribution is -2.32. The number of likely N-dealkylation sites (N-methyl/N-ethyl adjacent to an activating group) is 1. The molecule has 0 aliphatic rings. The van der Waals surface area contributed by atoms with Crippen LogP contribution >= 0.6 is 0 Å². The molecule has 2 nitrogen and oxygen atoms in total. The molecule has 0 heterocycles. The molecule has 0 amide bonds. The first-order valence-corrected chi connectivity index (χ1v) is 5.31. The van der Waals surface area contributed by atoms with Gasteiger partial charge in [-0.25, -0.2) is 0 Å². The van der Waals surface area contributed by atoms with Gasteiger partial charge in [-0.05, 0) is 13.5 Å². The molecule has 0 saturated heterocycles. The summed E-state index contributed by atoms with van der Waals surface area (Å²) >= 11 is 0. The summed E-state index contributed by atoms with van der Waals surface area (Å²) in [4.78, 5) is 0. The van der Waals surface area contributed by atoms with Crippen molar-refractivity contribution in [2.75, 3.05) is 20.3 Å². The normalized spacial score (nSPS) is 14.2. The monoisotopic (exact) mass is 227 g/mol. The van der Waals surface area contributed by atoms with Gasteiger partial charge in [0.2, 0.25) is 0 Å². The number of unbranched alkanes of at least 4 members (excludes halogenated alkanes) is 2. The zero-order chi connectivity index (χ0) is 11.7. The van der Waals surface area contributed by atoms with Crippen LogP contribution in [0.4, 0.5) is 13.2 Å². The Bertz CT molecular complexity index is 150. The minimum Gasteiger partial charge on any atom is -0.370 e. The zero-order valence-corrected chi connectivity index (χ0v) is 9.36. The van der Waals surface area contributed by atoms with Crippen molar-refractivity contribution in [2.45, 2.75) is 44.8 Å². The lowest BCUT2D eigenvalue weighted by Gasteiger charge is -2.16. The molecular weight excluding hydrogens is 207 g/mol. The van der Waals surface area contributed by atoms with Crippen molar-refractivity contribution in [2.24, 2.45) is 0 Å². The molecule has 1 atom stereocenters. The summed E-state index contributed by atoms with van der Waals surface area (Å²) in [6.45, 7) is 1.06. The van der Waals surface area contributed by atoms with E-state index in [9.17, 15) is 13.2 Å². The fourth-order valence-corrected chi connectivity index (χ4v) is 1.27. The standard InChI is InChI=1S/C10H20F3NO/c1-3-4-5-6-9(14-2)7-15-8-10(11,12)13/h9,14H,3-8H2,1-2H3. The van der Waals surface area contributed by atoms with E-state index in [1.54, 1.807) is 7.05 Å². The second kappa shape index (κ2) is 7.93. The Hall–Kier alpha value is -0.290. The fraction of sp³-hybridized carbons (Fsp3) is 1.00. The van der Waals surface area contributed by atoms with Crippen LogP contribution in [0.5, 0.6) is 0 Å². The summed E-state index contributed by atoms with van der Waals surface area (Å²) in [6, 6.07) is 0.0268. The van der Waals surface area contributed by atoms with Gasteiger partial charge >= 0.3 is 6.18 Å². The summed E-state index contributed by atoms with van der Waals surface area (Å²) in [5, 5.41) is 2.95. The van der Waals surface area contributed by atoms with Crippen molar-refractivity contribution < 1.29 is 17.9 Å². The Kier molecular flexibility index (Phi) is 7.78. The van der Waals surface area contributed by atoms with Crippen molar-refractivity contribution in [3.63, 3.8) is 0 Å². The van der Waals surface area contributed by atoms with Gasteiger partial charge in [0, 0.05) is 6.04 Å². The molecule has 15 heavy (non-hydrogen) atoms. The predicted octanol–water partition coefficient (Wildman–Crippen LogP) is 2.73. The van der Waals surface area contributed by atoms with E-state index >= 15 is 0 Å². The van der Waals surface area contributed by atoms with Crippen LogP contribution in [0, 0.1) is 0 Å². The van der Waals surface area contributed by atoms with Gasteiger partial charge in [-0.15, -0.1) is 0 Å². The van der Waals surface area contributed by atoms with Crippen molar-refractivity contribution in [1.82, 2.24) is 5.32 Å². The van der Waals surface area contributed by atoms with Crippen LogP contribution in [0.15, 0.2) is 0 Å². The van der Waals surface area contributed by atoms with E-state index in [1.807, 2.05) is 0 Å². The Labute approximate surface area is 89.2 Å². The van der Waals surface area contributed by atoms with Crippen molar-refractivity contribution in [3.05, 3.63) is 0 Å². The summed E-state index contributed by atoms with van der Waals surface area (Å²) in [6.07, 6.45) is -0.113. The Morgan fingerprint density at radius 1 is 1.27 bits per heavy atom. The molecule has 0 aromatic rings. The van der Waals surface area contributed by atoms with Gasteiger partial charge < -0.3 is 10.1 Å². The highest BCUT2D eigenvalue weighted by Gasteiger charge is 2.27. The van der Waals surface area contributed by atoms with Gasteiger partial charge in [0.25, 0.3) is 0 Å². The molecule has 1 N–H and O–H groups in total. The zero-order valence-electron chi connectivity index (χ0n) is 9.36. The maximum Gasteiger partial charge on any atom is 0.411 e. The van der Waals surface area contributed by atoms with Crippen LogP contribution < -0.4 is 5.32 Å². The maximum atomic E-state index is 11.8. The van der Waals surface area contributed by atoms with Crippen LogP contribution in [0.3, 0.4) is 0 Å². The largest absolute Gasteiger partial charge is 0.411 e. The van der Waals surface area contributed by atoms with E-state index < -0.39 is 12.8 Å². The number of nitrogens with one attached hydrogen (secondary N) is 1. The van der Waals surface area contributed by atoms with Crippen molar-refractivity contribution in [3.8, 4) is 0 Å². The highest BCUT2D eigenvalue weighted by Crippen LogP contribution is 2.14. The molecule has 1 unspecified atom stereocenters. The van der Waals surface area contributed by atoms with E-state index in [-0.39, 0.29) is 12.6 Å². The fourth-order valence-electron chi connectivity index (χ4n) is 1.27. The number of ether oxygens (including phenoxy) is 1. The van der Waals surface area contributed by atoms with Crippen molar-refractivity contribution in [1.29, 1.82) is 0 Å². The van der Waals surface area contributed by atoms with Gasteiger partial charge in [-0.2, -0.15) is 13.2 Å². The average molecular weight is 227 g/mol. The summed E-state index contributed by atoms with van der Waals surface area (Å²) in [7, 11) is 1.74. The van der Waals surface area contributed by atoms with Gasteiger partial charge in [0.1, 0.15) is 6.61 Å². The van der Waals surface area contributed by atoms with E-state index in [4.69, 9.17) is 0 Å². The SMILES string of the molecule is CCCCCC(COCC(F)(F)F)NC. The van der Waals surface area contributed by atoms with Crippen LogP contribution in [0.2, 0.25) is 0 Å². The van der Waals surface area contributed by atoms with Crippen LogP contribution in [0.1, 0.15) is 32.6 Å². The quantitative estimate of drug-likeness (QED) is 0.644. The first kappa shape index (κ1) is 14.7. The first-order chi connectivity index (χ1) is 6.99. The third-order valence-electron chi connectivity index (χ3n) is 2.15. The number of halogens is 3. The highest BCUT2D eigenvalue weighted by atomic mass is 19.4. The van der Waals surface area contributed by atoms with E-state index in [2.05, 4.69) is 17.0 Å². The Morgan fingerprint density at radius 2 is 1.93 bits per heavy atom. The molecule has 0 aliphatic heterocycles. The molecule has 92 valence electrons. The summed E-state index contributed by atoms with van der Waals surface area (Å²) in [5.74, 6) is 0. The minimum atomic E-state index is -4.22. The molecule has 0 aromatic carbocycles. The lowest BCUT2D eigenvalue weighted by atomic mass is 10.1. The number of alkyl halides is 3. The van der Waals surface area contributed by atoms with Gasteiger partial charge in [0.15, 0.2) is 0 Å². The third-order valence-corrected chi connectivity index (χ3v) is 2.15. The van der Waals surface area contributed by atoms with Gasteiger partial charge in [-0.3, -0.25) is 0 Å². The van der Waals surface area contributed by atoms with Gasteiger partial charge in [0.05, 0.1) is 6.61 Å². The molecule has 0 radical (unpaired) electrons. The second-order valence-electron chi connectivity index (χ2n) is 3.61. The topological polar surface area (TPSA) is 21.3 Å².